The zero-order valence-corrected chi connectivity index (χ0v) is 12.8. The lowest BCUT2D eigenvalue weighted by Crippen LogP contribution is -2.36. The Morgan fingerprint density at radius 2 is 2.05 bits per heavy atom. The summed E-state index contributed by atoms with van der Waals surface area (Å²) in [6.07, 6.45) is -1.55. The minimum absolute atomic E-state index is 0.00763. The highest BCUT2D eigenvalue weighted by atomic mass is 35.5. The third-order valence-electron chi connectivity index (χ3n) is 3.45. The summed E-state index contributed by atoms with van der Waals surface area (Å²) in [6, 6.07) is 5.19. The maximum atomic E-state index is 12.7. The predicted octanol–water partition coefficient (Wildman–Crippen LogP) is 4.37. The number of alkyl halides is 3. The molecular formula is C15H20ClF3N2. The molecule has 2 rings (SSSR count). The van der Waals surface area contributed by atoms with Crippen LogP contribution in [0.4, 0.5) is 18.9 Å². The number of nitrogens with zero attached hydrogens (tertiary/aromatic N) is 1. The first-order valence-electron chi connectivity index (χ1n) is 7.23. The van der Waals surface area contributed by atoms with Crippen molar-refractivity contribution in [1.29, 1.82) is 0 Å². The van der Waals surface area contributed by atoms with Crippen molar-refractivity contribution in [3.05, 3.63) is 28.8 Å². The van der Waals surface area contributed by atoms with Gasteiger partial charge in [0.05, 0.1) is 0 Å². The monoisotopic (exact) mass is 320 g/mol. The van der Waals surface area contributed by atoms with Crippen LogP contribution in [-0.4, -0.2) is 25.3 Å². The van der Waals surface area contributed by atoms with E-state index in [9.17, 15) is 13.2 Å². The smallest absolute Gasteiger partial charge is 0.359 e. The highest BCUT2D eigenvalue weighted by molar-refractivity contribution is 6.31. The van der Waals surface area contributed by atoms with Crippen LogP contribution in [0, 0.1) is 0 Å². The number of nitrogens with one attached hydrogen (secondary N) is 1. The zero-order chi connectivity index (χ0) is 15.5. The highest BCUT2D eigenvalue weighted by Crippen LogP contribution is 2.35. The fourth-order valence-electron chi connectivity index (χ4n) is 2.27. The normalized spacial score (nSPS) is 15.3. The van der Waals surface area contributed by atoms with E-state index in [-0.39, 0.29) is 6.04 Å². The molecule has 1 saturated carbocycles. The molecule has 0 amide bonds. The van der Waals surface area contributed by atoms with E-state index in [2.05, 4.69) is 12.2 Å². The lowest BCUT2D eigenvalue weighted by atomic mass is 10.2. The maximum Gasteiger partial charge on any atom is 0.405 e. The van der Waals surface area contributed by atoms with Gasteiger partial charge in [-0.05, 0) is 43.5 Å². The molecule has 0 unspecified atom stereocenters. The van der Waals surface area contributed by atoms with Crippen LogP contribution in [0.1, 0.15) is 31.7 Å². The van der Waals surface area contributed by atoms with Gasteiger partial charge in [-0.15, -0.1) is 0 Å². The molecule has 0 aliphatic heterocycles. The van der Waals surface area contributed by atoms with E-state index in [1.54, 1.807) is 12.1 Å². The van der Waals surface area contributed by atoms with Crippen molar-refractivity contribution in [2.45, 2.75) is 44.9 Å². The van der Waals surface area contributed by atoms with E-state index in [4.69, 9.17) is 11.6 Å². The largest absolute Gasteiger partial charge is 0.405 e. The molecule has 2 nitrogen and oxygen atoms in total. The van der Waals surface area contributed by atoms with E-state index in [0.717, 1.165) is 31.4 Å². The molecule has 1 aromatic rings. The standard InChI is InChI=1S/C15H20ClF3N2/c1-2-7-20-9-11-3-4-13(8-14(11)16)21(12-5-6-12)10-15(17,18)19/h3-4,8,12,20H,2,5-7,9-10H2,1H3. The van der Waals surface area contributed by atoms with Crippen molar-refractivity contribution in [3.63, 3.8) is 0 Å². The summed E-state index contributed by atoms with van der Waals surface area (Å²) in [5.41, 5.74) is 1.47. The molecule has 118 valence electrons. The SMILES string of the molecule is CCCNCc1ccc(N(CC(F)(F)F)C2CC2)cc1Cl. The van der Waals surface area contributed by atoms with Crippen LogP contribution in [0.2, 0.25) is 5.02 Å². The van der Waals surface area contributed by atoms with Crippen LogP contribution in [0.3, 0.4) is 0 Å². The second-order valence-electron chi connectivity index (χ2n) is 5.43. The van der Waals surface area contributed by atoms with Gasteiger partial charge in [-0.25, -0.2) is 0 Å². The van der Waals surface area contributed by atoms with E-state index in [1.807, 2.05) is 6.07 Å². The molecule has 0 bridgehead atoms. The quantitative estimate of drug-likeness (QED) is 0.750. The summed E-state index contributed by atoms with van der Waals surface area (Å²) in [7, 11) is 0. The molecule has 0 heterocycles. The fraction of sp³-hybridized carbons (Fsp3) is 0.600. The van der Waals surface area contributed by atoms with Crippen LogP contribution in [0.15, 0.2) is 18.2 Å². The van der Waals surface area contributed by atoms with Crippen LogP contribution >= 0.6 is 11.6 Å². The van der Waals surface area contributed by atoms with Crippen LogP contribution in [-0.2, 0) is 6.54 Å². The van der Waals surface area contributed by atoms with E-state index >= 15 is 0 Å². The first kappa shape index (κ1) is 16.4. The third-order valence-corrected chi connectivity index (χ3v) is 3.80. The van der Waals surface area contributed by atoms with Gasteiger partial charge in [0.2, 0.25) is 0 Å². The minimum Gasteiger partial charge on any atom is -0.359 e. The summed E-state index contributed by atoms with van der Waals surface area (Å²) in [5, 5.41) is 3.75. The van der Waals surface area contributed by atoms with Crippen LogP contribution < -0.4 is 10.2 Å². The molecule has 0 saturated heterocycles. The van der Waals surface area contributed by atoms with Gasteiger partial charge in [0.15, 0.2) is 0 Å². The number of hydrogen-bond acceptors (Lipinski definition) is 2. The average molecular weight is 321 g/mol. The average Bonchev–Trinajstić information content (AvgIpc) is 3.21. The Balaban J connectivity index is 2.09. The first-order chi connectivity index (χ1) is 9.90. The Bertz CT molecular complexity index is 472. The Hall–Kier alpha value is -0.940. The molecule has 1 aliphatic rings. The molecule has 0 radical (unpaired) electrons. The molecule has 0 spiro atoms. The molecule has 1 aliphatic carbocycles. The summed E-state index contributed by atoms with van der Waals surface area (Å²) in [5.74, 6) is 0. The van der Waals surface area contributed by atoms with Gasteiger partial charge in [0.25, 0.3) is 0 Å². The summed E-state index contributed by atoms with van der Waals surface area (Å²) in [4.78, 5) is 1.41. The van der Waals surface area contributed by atoms with Crippen molar-refractivity contribution >= 4 is 17.3 Å². The van der Waals surface area contributed by atoms with Crippen molar-refractivity contribution in [2.75, 3.05) is 18.0 Å². The van der Waals surface area contributed by atoms with E-state index in [0.29, 0.717) is 17.3 Å². The molecule has 21 heavy (non-hydrogen) atoms. The number of anilines is 1. The Morgan fingerprint density at radius 1 is 1.33 bits per heavy atom. The summed E-state index contributed by atoms with van der Waals surface area (Å²) in [6.45, 7) is 2.68. The Morgan fingerprint density at radius 3 is 2.57 bits per heavy atom. The molecule has 0 atom stereocenters. The van der Waals surface area contributed by atoms with E-state index < -0.39 is 12.7 Å². The van der Waals surface area contributed by atoms with E-state index in [1.165, 1.54) is 4.90 Å². The van der Waals surface area contributed by atoms with Gasteiger partial charge >= 0.3 is 6.18 Å². The third kappa shape index (κ3) is 5.08. The summed E-state index contributed by atoms with van der Waals surface area (Å²) >= 11 is 6.20. The van der Waals surface area contributed by atoms with Gasteiger partial charge in [0.1, 0.15) is 6.54 Å². The van der Waals surface area contributed by atoms with Gasteiger partial charge in [-0.2, -0.15) is 13.2 Å². The second kappa shape index (κ2) is 6.88. The lowest BCUT2D eigenvalue weighted by Gasteiger charge is -2.26. The van der Waals surface area contributed by atoms with Gasteiger partial charge in [-0.3, -0.25) is 0 Å². The van der Waals surface area contributed by atoms with Crippen LogP contribution in [0.25, 0.3) is 0 Å². The minimum atomic E-state index is -4.20. The second-order valence-corrected chi connectivity index (χ2v) is 5.83. The fourth-order valence-corrected chi connectivity index (χ4v) is 2.51. The van der Waals surface area contributed by atoms with Crippen molar-refractivity contribution in [3.8, 4) is 0 Å². The van der Waals surface area contributed by atoms with Gasteiger partial charge < -0.3 is 10.2 Å². The number of benzene rings is 1. The van der Waals surface area contributed by atoms with Crippen molar-refractivity contribution in [2.24, 2.45) is 0 Å². The first-order valence-corrected chi connectivity index (χ1v) is 7.61. The van der Waals surface area contributed by atoms with Crippen molar-refractivity contribution in [1.82, 2.24) is 5.32 Å². The number of hydrogen-bond donors (Lipinski definition) is 1. The zero-order valence-electron chi connectivity index (χ0n) is 12.0. The van der Waals surface area contributed by atoms with Gasteiger partial charge in [0, 0.05) is 23.3 Å². The highest BCUT2D eigenvalue weighted by Gasteiger charge is 2.38. The molecule has 1 aromatic carbocycles. The number of halogens is 4. The molecule has 1 fully saturated rings. The topological polar surface area (TPSA) is 15.3 Å². The van der Waals surface area contributed by atoms with Gasteiger partial charge in [-0.1, -0.05) is 24.6 Å². The molecule has 1 N–H and O–H groups in total. The van der Waals surface area contributed by atoms with Crippen molar-refractivity contribution < 1.29 is 13.2 Å². The van der Waals surface area contributed by atoms with Crippen LogP contribution in [0.5, 0.6) is 0 Å². The Kier molecular flexibility index (Phi) is 5.38. The number of rotatable bonds is 7. The predicted molar refractivity (Wildman–Crippen MR) is 79.9 cm³/mol. The maximum absolute atomic E-state index is 12.7. The summed E-state index contributed by atoms with van der Waals surface area (Å²) < 4.78 is 38.0. The molecule has 6 heteroatoms. The molecular weight excluding hydrogens is 301 g/mol. The Labute approximate surface area is 128 Å². The molecule has 0 aromatic heterocycles. The lowest BCUT2D eigenvalue weighted by molar-refractivity contribution is -0.120.